The highest BCUT2D eigenvalue weighted by atomic mass is 16.3. The predicted octanol–water partition coefficient (Wildman–Crippen LogP) is 2.07. The standard InChI is InChI=1S/C12H11N3O/c1-15(2)11-5-3-9(4-6-11)12(16)10(7-13)8-14/h3-6,16H,1-2H3. The van der Waals surface area contributed by atoms with Gasteiger partial charge in [-0.3, -0.25) is 0 Å². The molecule has 1 rings (SSSR count). The molecule has 0 radical (unpaired) electrons. The van der Waals surface area contributed by atoms with Crippen molar-refractivity contribution in [2.24, 2.45) is 0 Å². The number of hydrogen-bond donors (Lipinski definition) is 1. The first kappa shape index (κ1) is 11.6. The van der Waals surface area contributed by atoms with Gasteiger partial charge in [-0.15, -0.1) is 0 Å². The van der Waals surface area contributed by atoms with E-state index in [0.717, 1.165) is 5.69 Å². The molecule has 0 aliphatic rings. The van der Waals surface area contributed by atoms with Gasteiger partial charge in [-0.1, -0.05) is 0 Å². The predicted molar refractivity (Wildman–Crippen MR) is 61.5 cm³/mol. The number of aliphatic hydroxyl groups excluding tert-OH is 1. The fraction of sp³-hybridized carbons (Fsp3) is 0.167. The summed E-state index contributed by atoms with van der Waals surface area (Å²) in [5.41, 5.74) is 1.16. The van der Waals surface area contributed by atoms with Gasteiger partial charge in [0.1, 0.15) is 12.1 Å². The molecule has 0 aliphatic carbocycles. The second kappa shape index (κ2) is 4.86. The molecule has 16 heavy (non-hydrogen) atoms. The van der Waals surface area contributed by atoms with Crippen LogP contribution in [0.1, 0.15) is 5.56 Å². The number of benzene rings is 1. The SMILES string of the molecule is CN(C)c1ccc(C(O)=C(C#N)C#N)cc1. The molecular weight excluding hydrogens is 202 g/mol. The van der Waals surface area contributed by atoms with E-state index >= 15 is 0 Å². The maximum atomic E-state index is 9.63. The van der Waals surface area contributed by atoms with Crippen LogP contribution in [-0.2, 0) is 0 Å². The summed E-state index contributed by atoms with van der Waals surface area (Å²) in [6.07, 6.45) is 0. The molecule has 0 fully saturated rings. The van der Waals surface area contributed by atoms with Crippen molar-refractivity contribution in [3.63, 3.8) is 0 Å². The van der Waals surface area contributed by atoms with Gasteiger partial charge < -0.3 is 10.0 Å². The van der Waals surface area contributed by atoms with E-state index in [1.54, 1.807) is 36.4 Å². The second-order valence-corrected chi connectivity index (χ2v) is 3.39. The Labute approximate surface area is 94.3 Å². The van der Waals surface area contributed by atoms with E-state index in [4.69, 9.17) is 10.5 Å². The fourth-order valence-corrected chi connectivity index (χ4v) is 1.19. The molecule has 0 bridgehead atoms. The van der Waals surface area contributed by atoms with E-state index in [1.807, 2.05) is 19.0 Å². The van der Waals surface area contributed by atoms with Gasteiger partial charge in [0.15, 0.2) is 11.3 Å². The highest BCUT2D eigenvalue weighted by Crippen LogP contribution is 2.19. The monoisotopic (exact) mass is 213 g/mol. The zero-order chi connectivity index (χ0) is 12.1. The van der Waals surface area contributed by atoms with E-state index in [9.17, 15) is 5.11 Å². The Morgan fingerprint density at radius 1 is 1.12 bits per heavy atom. The summed E-state index contributed by atoms with van der Waals surface area (Å²) in [6.45, 7) is 0. The van der Waals surface area contributed by atoms with Crippen molar-refractivity contribution in [3.8, 4) is 12.1 Å². The average molecular weight is 213 g/mol. The molecule has 0 heterocycles. The minimum atomic E-state index is -0.282. The number of nitrogens with zero attached hydrogens (tertiary/aromatic N) is 3. The van der Waals surface area contributed by atoms with Crippen LogP contribution in [0.4, 0.5) is 5.69 Å². The second-order valence-electron chi connectivity index (χ2n) is 3.39. The summed E-state index contributed by atoms with van der Waals surface area (Å²) < 4.78 is 0. The number of rotatable bonds is 2. The minimum absolute atomic E-state index is 0.280. The molecule has 1 N–H and O–H groups in total. The average Bonchev–Trinajstić information content (AvgIpc) is 2.30. The molecular formula is C12H11N3O. The molecule has 0 saturated carbocycles. The van der Waals surface area contributed by atoms with Gasteiger partial charge in [0.2, 0.25) is 0 Å². The number of anilines is 1. The summed E-state index contributed by atoms with van der Waals surface area (Å²) in [4.78, 5) is 1.92. The zero-order valence-corrected chi connectivity index (χ0v) is 9.10. The highest BCUT2D eigenvalue weighted by Gasteiger charge is 2.07. The molecule has 4 heteroatoms. The Bertz CT molecular complexity index is 470. The van der Waals surface area contributed by atoms with Crippen molar-refractivity contribution in [1.82, 2.24) is 0 Å². The van der Waals surface area contributed by atoms with Crippen molar-refractivity contribution >= 4 is 11.4 Å². The number of allylic oxidation sites excluding steroid dienone is 1. The summed E-state index contributed by atoms with van der Waals surface area (Å²) in [5.74, 6) is -0.282. The van der Waals surface area contributed by atoms with Crippen LogP contribution in [0.5, 0.6) is 0 Å². The lowest BCUT2D eigenvalue weighted by atomic mass is 10.1. The van der Waals surface area contributed by atoms with Crippen molar-refractivity contribution in [2.45, 2.75) is 0 Å². The third-order valence-corrected chi connectivity index (χ3v) is 2.12. The van der Waals surface area contributed by atoms with Crippen LogP contribution >= 0.6 is 0 Å². The largest absolute Gasteiger partial charge is 0.505 e. The molecule has 0 saturated heterocycles. The minimum Gasteiger partial charge on any atom is -0.505 e. The molecule has 1 aromatic rings. The van der Waals surface area contributed by atoms with Gasteiger partial charge in [-0.2, -0.15) is 10.5 Å². The molecule has 0 unspecified atom stereocenters. The van der Waals surface area contributed by atoms with Crippen molar-refractivity contribution in [3.05, 3.63) is 35.4 Å². The summed E-state index contributed by atoms with van der Waals surface area (Å²) >= 11 is 0. The number of nitriles is 2. The lowest BCUT2D eigenvalue weighted by Crippen LogP contribution is -2.08. The first-order valence-electron chi connectivity index (χ1n) is 4.61. The van der Waals surface area contributed by atoms with Gasteiger partial charge in [0.25, 0.3) is 0 Å². The summed E-state index contributed by atoms with van der Waals surface area (Å²) in [5, 5.41) is 26.8. The smallest absolute Gasteiger partial charge is 0.171 e. The van der Waals surface area contributed by atoms with Crippen molar-refractivity contribution in [1.29, 1.82) is 10.5 Å². The molecule has 4 nitrogen and oxygen atoms in total. The maximum absolute atomic E-state index is 9.63. The van der Waals surface area contributed by atoms with Crippen LogP contribution in [0.15, 0.2) is 29.8 Å². The highest BCUT2D eigenvalue weighted by molar-refractivity contribution is 5.70. The third-order valence-electron chi connectivity index (χ3n) is 2.12. The topological polar surface area (TPSA) is 71.0 Å². The van der Waals surface area contributed by atoms with E-state index in [0.29, 0.717) is 5.56 Å². The first-order chi connectivity index (χ1) is 7.60. The van der Waals surface area contributed by atoms with Crippen molar-refractivity contribution in [2.75, 3.05) is 19.0 Å². The Morgan fingerprint density at radius 2 is 1.62 bits per heavy atom. The van der Waals surface area contributed by atoms with Gasteiger partial charge in [0.05, 0.1) is 0 Å². The maximum Gasteiger partial charge on any atom is 0.171 e. The fourth-order valence-electron chi connectivity index (χ4n) is 1.19. The lowest BCUT2D eigenvalue weighted by molar-refractivity contribution is 0.510. The lowest BCUT2D eigenvalue weighted by Gasteiger charge is -2.12. The van der Waals surface area contributed by atoms with Crippen LogP contribution in [0, 0.1) is 22.7 Å². The zero-order valence-electron chi connectivity index (χ0n) is 9.10. The Balaban J connectivity index is 3.14. The van der Waals surface area contributed by atoms with Crippen LogP contribution in [0.2, 0.25) is 0 Å². The summed E-state index contributed by atoms with van der Waals surface area (Å²) in [7, 11) is 3.81. The van der Waals surface area contributed by atoms with E-state index in [1.165, 1.54) is 0 Å². The molecule has 80 valence electrons. The Morgan fingerprint density at radius 3 is 2.00 bits per heavy atom. The van der Waals surface area contributed by atoms with Crippen LogP contribution in [-0.4, -0.2) is 19.2 Å². The Hall–Kier alpha value is -2.46. The number of hydrogen-bond acceptors (Lipinski definition) is 4. The van der Waals surface area contributed by atoms with Crippen LogP contribution < -0.4 is 4.90 Å². The van der Waals surface area contributed by atoms with Crippen molar-refractivity contribution < 1.29 is 5.11 Å². The van der Waals surface area contributed by atoms with Gasteiger partial charge >= 0.3 is 0 Å². The molecule has 0 aliphatic heterocycles. The van der Waals surface area contributed by atoms with Gasteiger partial charge in [0, 0.05) is 25.3 Å². The van der Waals surface area contributed by atoms with E-state index in [-0.39, 0.29) is 11.3 Å². The van der Waals surface area contributed by atoms with Crippen LogP contribution in [0.25, 0.3) is 5.76 Å². The van der Waals surface area contributed by atoms with Gasteiger partial charge in [-0.05, 0) is 24.3 Å². The first-order valence-corrected chi connectivity index (χ1v) is 4.61. The molecule has 0 amide bonds. The van der Waals surface area contributed by atoms with E-state index in [2.05, 4.69) is 0 Å². The normalized spacial score (nSPS) is 8.75. The third kappa shape index (κ3) is 2.31. The number of aliphatic hydroxyl groups is 1. The molecule has 0 atom stereocenters. The Kier molecular flexibility index (Phi) is 3.53. The molecule has 1 aromatic carbocycles. The molecule has 0 aromatic heterocycles. The van der Waals surface area contributed by atoms with Gasteiger partial charge in [-0.25, -0.2) is 0 Å². The quantitative estimate of drug-likeness (QED) is 0.603. The summed E-state index contributed by atoms with van der Waals surface area (Å²) in [6, 6.07) is 10.2. The van der Waals surface area contributed by atoms with E-state index < -0.39 is 0 Å². The molecule has 0 spiro atoms. The van der Waals surface area contributed by atoms with Crippen LogP contribution in [0.3, 0.4) is 0 Å².